The average Bonchev–Trinajstić information content (AvgIpc) is 3.14. The van der Waals surface area contributed by atoms with E-state index in [1.807, 2.05) is 0 Å². The van der Waals surface area contributed by atoms with Gasteiger partial charge in [0, 0.05) is 42.2 Å². The minimum Gasteiger partial charge on any atom is -0.481 e. The van der Waals surface area contributed by atoms with Crippen molar-refractivity contribution in [2.75, 3.05) is 26.2 Å². The number of likely N-dealkylation sites (tertiary alicyclic amines) is 2. The van der Waals surface area contributed by atoms with Crippen molar-refractivity contribution in [2.24, 2.45) is 38.9 Å². The molecular weight excluding hydrogens is 725 g/mol. The van der Waals surface area contributed by atoms with E-state index in [0.717, 1.165) is 103 Å². The van der Waals surface area contributed by atoms with Gasteiger partial charge in [-0.1, -0.05) is 118 Å². The minimum atomic E-state index is -0.805. The zero-order chi connectivity index (χ0) is 43.1. The zero-order valence-corrected chi connectivity index (χ0v) is 37.8. The normalized spacial score (nSPS) is 26.1. The first kappa shape index (κ1) is 47.8. The Labute approximate surface area is 352 Å². The lowest BCUT2D eigenvalue weighted by Crippen LogP contribution is -2.61. The van der Waals surface area contributed by atoms with E-state index in [1.165, 1.54) is 23.3 Å². The van der Waals surface area contributed by atoms with Crippen LogP contribution >= 0.6 is 0 Å². The van der Waals surface area contributed by atoms with Crippen molar-refractivity contribution < 1.29 is 29.4 Å². The first-order valence-electron chi connectivity index (χ1n) is 22.8. The Morgan fingerprint density at radius 3 is 1.38 bits per heavy atom. The van der Waals surface area contributed by atoms with E-state index in [9.17, 15) is 24.3 Å². The number of rotatable bonds is 21. The molecule has 326 valence electrons. The number of aliphatic carboxylic acids is 2. The molecule has 2 heterocycles. The Morgan fingerprint density at radius 2 is 1.02 bits per heavy atom. The Balaban J connectivity index is 1.55. The molecule has 2 N–H and O–H groups in total. The molecule has 58 heavy (non-hydrogen) atoms. The maximum Gasteiger partial charge on any atom is 0.310 e. The maximum atomic E-state index is 14.1. The molecule has 8 heteroatoms. The van der Waals surface area contributed by atoms with Gasteiger partial charge in [0.05, 0.1) is 5.41 Å². The fourth-order valence-corrected chi connectivity index (χ4v) is 13.1. The molecule has 0 aromatic heterocycles. The molecular formula is C50H80N2O6. The van der Waals surface area contributed by atoms with Crippen LogP contribution in [0, 0.1) is 38.9 Å². The third-order valence-corrected chi connectivity index (χ3v) is 15.6. The van der Waals surface area contributed by atoms with Crippen molar-refractivity contribution in [2.45, 2.75) is 177 Å². The summed E-state index contributed by atoms with van der Waals surface area (Å²) in [6, 6.07) is 0.563. The number of carbonyl (C=O) groups excluding carboxylic acids is 2. The van der Waals surface area contributed by atoms with Gasteiger partial charge in [-0.05, 0) is 125 Å². The SMILES string of the molecule is C=CC(=O)CCC1=CCC(C)(C)C(N2CCC(C(CCCCCCCC(=O)O)(C(=O)O)C3CCN(C4C(C)(C)CC=C(CCC(=O)C=C)C4(C)C)CC3)CC2)C1(C)C. The number of ketones is 2. The third-order valence-electron chi connectivity index (χ3n) is 15.6. The summed E-state index contributed by atoms with van der Waals surface area (Å²) < 4.78 is 0. The Hall–Kier alpha value is -2.84. The Bertz CT molecular complexity index is 1460. The second kappa shape index (κ2) is 19.7. The fraction of sp³-hybridized carbons (Fsp3) is 0.760. The molecule has 2 aliphatic heterocycles. The van der Waals surface area contributed by atoms with Gasteiger partial charge in [0.15, 0.2) is 11.6 Å². The van der Waals surface area contributed by atoms with Crippen LogP contribution in [0.5, 0.6) is 0 Å². The van der Waals surface area contributed by atoms with Crippen LogP contribution in [-0.4, -0.2) is 81.8 Å². The van der Waals surface area contributed by atoms with Crippen molar-refractivity contribution >= 4 is 23.5 Å². The van der Waals surface area contributed by atoms with Gasteiger partial charge in [-0.3, -0.25) is 29.0 Å². The van der Waals surface area contributed by atoms with Gasteiger partial charge in [0.1, 0.15) is 0 Å². The van der Waals surface area contributed by atoms with E-state index in [2.05, 4.69) is 90.5 Å². The zero-order valence-electron chi connectivity index (χ0n) is 37.8. The molecule has 2 unspecified atom stereocenters. The van der Waals surface area contributed by atoms with E-state index in [4.69, 9.17) is 5.11 Å². The van der Waals surface area contributed by atoms with Crippen molar-refractivity contribution in [3.63, 3.8) is 0 Å². The highest BCUT2D eigenvalue weighted by atomic mass is 16.4. The Kier molecular flexibility index (Phi) is 16.2. The molecule has 0 bridgehead atoms. The van der Waals surface area contributed by atoms with Gasteiger partial charge in [0.2, 0.25) is 0 Å². The molecule has 0 aromatic rings. The van der Waals surface area contributed by atoms with Gasteiger partial charge < -0.3 is 10.2 Å². The monoisotopic (exact) mass is 805 g/mol. The molecule has 2 aliphatic carbocycles. The number of nitrogens with zero attached hydrogens (tertiary/aromatic N) is 2. The van der Waals surface area contributed by atoms with Crippen molar-refractivity contribution in [3.05, 3.63) is 48.6 Å². The highest BCUT2D eigenvalue weighted by Gasteiger charge is 2.56. The first-order valence-corrected chi connectivity index (χ1v) is 22.8. The van der Waals surface area contributed by atoms with Crippen LogP contribution in [0.3, 0.4) is 0 Å². The standard InChI is InChI=1S/C50H80N2O6/c1-11-40(53)21-19-36-23-30-46(3,4)43(48(36,7)8)51-32-25-38(26-33-51)50(45(57)58,29-17-15-13-14-16-18-42(55)56)39-27-34-52(35-28-39)44-47(5,6)31-24-37(49(44,9)10)20-22-41(54)12-2/h11-12,23-24,38-39,43-44H,1-2,13-22,25-35H2,3-10H3,(H,55,56)(H,57,58). The molecule has 2 fully saturated rings. The summed E-state index contributed by atoms with van der Waals surface area (Å²) in [6.45, 7) is 29.7. The quantitative estimate of drug-likeness (QED) is 0.0669. The lowest BCUT2D eigenvalue weighted by atomic mass is 9.56. The number of hydrogen-bond donors (Lipinski definition) is 2. The van der Waals surface area contributed by atoms with E-state index in [0.29, 0.717) is 25.7 Å². The van der Waals surface area contributed by atoms with Crippen molar-refractivity contribution in [1.29, 1.82) is 0 Å². The number of carbonyl (C=O) groups is 4. The van der Waals surface area contributed by atoms with E-state index < -0.39 is 17.4 Å². The third kappa shape index (κ3) is 10.7. The first-order chi connectivity index (χ1) is 27.1. The van der Waals surface area contributed by atoms with Crippen LogP contribution in [0.15, 0.2) is 48.6 Å². The number of unbranched alkanes of at least 4 members (excludes halogenated alkanes) is 4. The number of hydrogen-bond acceptors (Lipinski definition) is 6. The summed E-state index contributed by atoms with van der Waals surface area (Å²) in [6.07, 6.45) is 20.5. The van der Waals surface area contributed by atoms with Crippen LogP contribution in [0.4, 0.5) is 0 Å². The van der Waals surface area contributed by atoms with Crippen molar-refractivity contribution in [1.82, 2.24) is 9.80 Å². The van der Waals surface area contributed by atoms with Gasteiger partial charge in [-0.15, -0.1) is 0 Å². The molecule has 0 radical (unpaired) electrons. The molecule has 0 saturated carbocycles. The molecule has 2 atom stereocenters. The predicted molar refractivity (Wildman–Crippen MR) is 236 cm³/mol. The molecule has 4 rings (SSSR count). The summed E-state index contributed by atoms with van der Waals surface area (Å²) >= 11 is 0. The van der Waals surface area contributed by atoms with Crippen LogP contribution < -0.4 is 0 Å². The molecule has 0 aromatic carbocycles. The smallest absolute Gasteiger partial charge is 0.310 e. The summed E-state index contributed by atoms with van der Waals surface area (Å²) in [4.78, 5) is 54.9. The highest BCUT2D eigenvalue weighted by Crippen LogP contribution is 2.56. The summed E-state index contributed by atoms with van der Waals surface area (Å²) in [5.74, 6) is -1.05. The number of piperidine rings is 2. The summed E-state index contributed by atoms with van der Waals surface area (Å²) in [5.41, 5.74) is 1.73. The van der Waals surface area contributed by atoms with Gasteiger partial charge in [-0.25, -0.2) is 0 Å². The molecule has 4 aliphatic rings. The second-order valence-corrected chi connectivity index (χ2v) is 21.1. The second-order valence-electron chi connectivity index (χ2n) is 21.1. The van der Waals surface area contributed by atoms with E-state index >= 15 is 0 Å². The van der Waals surface area contributed by atoms with Crippen LogP contribution in [0.1, 0.15) is 165 Å². The lowest BCUT2D eigenvalue weighted by Gasteiger charge is -2.58. The number of allylic oxidation sites excluding steroid dienone is 4. The molecule has 8 nitrogen and oxygen atoms in total. The van der Waals surface area contributed by atoms with E-state index in [-0.39, 0.29) is 63.6 Å². The Morgan fingerprint density at radius 1 is 0.638 bits per heavy atom. The van der Waals surface area contributed by atoms with Gasteiger partial charge >= 0.3 is 11.9 Å². The fourth-order valence-electron chi connectivity index (χ4n) is 13.1. The van der Waals surface area contributed by atoms with Crippen molar-refractivity contribution in [3.8, 4) is 0 Å². The molecule has 2 saturated heterocycles. The topological polar surface area (TPSA) is 115 Å². The van der Waals surface area contributed by atoms with Gasteiger partial charge in [0.25, 0.3) is 0 Å². The largest absolute Gasteiger partial charge is 0.481 e. The number of carboxylic acids is 2. The minimum absolute atomic E-state index is 0.0382. The molecule has 0 spiro atoms. The van der Waals surface area contributed by atoms with Crippen LogP contribution in [-0.2, 0) is 19.2 Å². The van der Waals surface area contributed by atoms with E-state index in [1.54, 1.807) is 0 Å². The maximum absolute atomic E-state index is 14.1. The van der Waals surface area contributed by atoms with Crippen LogP contribution in [0.2, 0.25) is 0 Å². The highest BCUT2D eigenvalue weighted by molar-refractivity contribution is 5.89. The average molecular weight is 805 g/mol. The number of carboxylic acid groups (broad SMARTS) is 2. The summed E-state index contributed by atoms with van der Waals surface area (Å²) in [7, 11) is 0. The molecule has 0 amide bonds. The summed E-state index contributed by atoms with van der Waals surface area (Å²) in [5, 5.41) is 20.6. The van der Waals surface area contributed by atoms with Crippen LogP contribution in [0.25, 0.3) is 0 Å². The lowest BCUT2D eigenvalue weighted by molar-refractivity contribution is -0.165. The van der Waals surface area contributed by atoms with Gasteiger partial charge in [-0.2, -0.15) is 0 Å². The predicted octanol–water partition coefficient (Wildman–Crippen LogP) is 10.9.